The van der Waals surface area contributed by atoms with E-state index in [9.17, 15) is 14.7 Å². The number of hydrogen-bond donors (Lipinski definition) is 2. The van der Waals surface area contributed by atoms with Crippen LogP contribution in [-0.2, 0) is 14.3 Å². The highest BCUT2D eigenvalue weighted by molar-refractivity contribution is 5.83. The Labute approximate surface area is 125 Å². The summed E-state index contributed by atoms with van der Waals surface area (Å²) >= 11 is 0. The average molecular weight is 299 g/mol. The number of ether oxygens (including phenoxy) is 1. The van der Waals surface area contributed by atoms with E-state index in [4.69, 9.17) is 10.5 Å². The van der Waals surface area contributed by atoms with Crippen molar-refractivity contribution in [2.45, 2.75) is 37.9 Å². The van der Waals surface area contributed by atoms with Gasteiger partial charge in [-0.15, -0.1) is 0 Å². The topological polar surface area (TPSA) is 96.1 Å². The van der Waals surface area contributed by atoms with Gasteiger partial charge in [-0.1, -0.05) is 0 Å². The van der Waals surface area contributed by atoms with Crippen LogP contribution in [0, 0.1) is 0 Å². The Kier molecular flexibility index (Phi) is 4.55. The van der Waals surface area contributed by atoms with Gasteiger partial charge in [-0.2, -0.15) is 0 Å². The highest BCUT2D eigenvalue weighted by atomic mass is 16.5. The molecule has 2 aliphatic heterocycles. The molecular weight excluding hydrogens is 274 g/mol. The SMILES string of the molecule is CC(=O)N1CCC(O)(CN2CCOC(C)(C(N)=O)C2)CC1. The number of rotatable bonds is 3. The maximum atomic E-state index is 11.5. The number of carbonyl (C=O) groups is 2. The Balaban J connectivity index is 1.92. The van der Waals surface area contributed by atoms with Gasteiger partial charge in [0.2, 0.25) is 5.91 Å². The van der Waals surface area contributed by atoms with Crippen LogP contribution in [0.1, 0.15) is 26.7 Å². The molecule has 0 spiro atoms. The van der Waals surface area contributed by atoms with Crippen LogP contribution >= 0.6 is 0 Å². The lowest BCUT2D eigenvalue weighted by Crippen LogP contribution is -2.60. The van der Waals surface area contributed by atoms with Gasteiger partial charge in [-0.3, -0.25) is 14.5 Å². The van der Waals surface area contributed by atoms with Gasteiger partial charge in [-0.25, -0.2) is 0 Å². The zero-order chi connectivity index (χ0) is 15.7. The molecule has 2 rings (SSSR count). The van der Waals surface area contributed by atoms with Crippen LogP contribution in [-0.4, -0.2) is 77.3 Å². The third-order valence-corrected chi connectivity index (χ3v) is 4.53. The number of nitrogens with two attached hydrogens (primary N) is 1. The summed E-state index contributed by atoms with van der Waals surface area (Å²) in [6.45, 7) is 6.34. The van der Waals surface area contributed by atoms with E-state index >= 15 is 0 Å². The molecule has 0 bridgehead atoms. The number of nitrogens with zero attached hydrogens (tertiary/aromatic N) is 2. The van der Waals surface area contributed by atoms with Gasteiger partial charge in [0.05, 0.1) is 12.2 Å². The van der Waals surface area contributed by atoms with Gasteiger partial charge in [0, 0.05) is 39.6 Å². The molecule has 7 heteroatoms. The summed E-state index contributed by atoms with van der Waals surface area (Å²) in [7, 11) is 0. The molecule has 120 valence electrons. The summed E-state index contributed by atoms with van der Waals surface area (Å²) in [6, 6.07) is 0. The number of morpholine rings is 1. The van der Waals surface area contributed by atoms with Gasteiger partial charge in [0.25, 0.3) is 5.91 Å². The maximum absolute atomic E-state index is 11.5. The number of aliphatic hydroxyl groups is 1. The van der Waals surface area contributed by atoms with Crippen LogP contribution in [0.4, 0.5) is 0 Å². The molecule has 0 radical (unpaired) electrons. The normalized spacial score (nSPS) is 30.1. The first-order chi connectivity index (χ1) is 9.74. The van der Waals surface area contributed by atoms with E-state index in [2.05, 4.69) is 0 Å². The van der Waals surface area contributed by atoms with Crippen molar-refractivity contribution in [3.05, 3.63) is 0 Å². The zero-order valence-corrected chi connectivity index (χ0v) is 12.8. The average Bonchev–Trinajstić information content (AvgIpc) is 2.38. The molecule has 2 amide bonds. The predicted molar refractivity (Wildman–Crippen MR) is 76.4 cm³/mol. The van der Waals surface area contributed by atoms with Crippen molar-refractivity contribution in [1.82, 2.24) is 9.80 Å². The Morgan fingerprint density at radius 1 is 1.29 bits per heavy atom. The van der Waals surface area contributed by atoms with Crippen molar-refractivity contribution in [2.24, 2.45) is 5.73 Å². The fraction of sp³-hybridized carbons (Fsp3) is 0.857. The Bertz CT molecular complexity index is 420. The lowest BCUT2D eigenvalue weighted by molar-refractivity contribution is -0.158. The molecule has 0 aromatic carbocycles. The predicted octanol–water partition coefficient (Wildman–Crippen LogP) is -1.06. The van der Waals surface area contributed by atoms with Crippen molar-refractivity contribution in [2.75, 3.05) is 39.3 Å². The van der Waals surface area contributed by atoms with E-state index in [1.54, 1.807) is 18.7 Å². The summed E-state index contributed by atoms with van der Waals surface area (Å²) in [5.74, 6) is -0.435. The van der Waals surface area contributed by atoms with Crippen LogP contribution in [0.5, 0.6) is 0 Å². The van der Waals surface area contributed by atoms with Crippen molar-refractivity contribution in [3.63, 3.8) is 0 Å². The molecule has 2 aliphatic rings. The number of likely N-dealkylation sites (tertiary alicyclic amines) is 1. The van der Waals surface area contributed by atoms with Crippen LogP contribution in [0.2, 0.25) is 0 Å². The molecule has 2 heterocycles. The number of amides is 2. The Morgan fingerprint density at radius 2 is 1.90 bits per heavy atom. The van der Waals surface area contributed by atoms with E-state index in [0.29, 0.717) is 52.2 Å². The largest absolute Gasteiger partial charge is 0.388 e. The smallest absolute Gasteiger partial charge is 0.250 e. The quantitative estimate of drug-likeness (QED) is 0.692. The van der Waals surface area contributed by atoms with Crippen molar-refractivity contribution < 1.29 is 19.4 Å². The first-order valence-corrected chi connectivity index (χ1v) is 7.38. The molecule has 0 aliphatic carbocycles. The number of piperidine rings is 1. The fourth-order valence-corrected chi connectivity index (χ4v) is 3.05. The summed E-state index contributed by atoms with van der Waals surface area (Å²) in [5.41, 5.74) is 3.58. The summed E-state index contributed by atoms with van der Waals surface area (Å²) in [4.78, 5) is 26.6. The minimum absolute atomic E-state index is 0.0460. The lowest BCUT2D eigenvalue weighted by Gasteiger charge is -2.44. The van der Waals surface area contributed by atoms with E-state index in [0.717, 1.165) is 0 Å². The Morgan fingerprint density at radius 3 is 2.43 bits per heavy atom. The minimum Gasteiger partial charge on any atom is -0.388 e. The van der Waals surface area contributed by atoms with Crippen LogP contribution in [0.15, 0.2) is 0 Å². The Hall–Kier alpha value is -1.18. The molecule has 21 heavy (non-hydrogen) atoms. The molecule has 3 N–H and O–H groups in total. The monoisotopic (exact) mass is 299 g/mol. The summed E-state index contributed by atoms with van der Waals surface area (Å²) in [5, 5.41) is 10.7. The number of hydrogen-bond acceptors (Lipinski definition) is 5. The number of carbonyl (C=O) groups excluding carboxylic acids is 2. The van der Waals surface area contributed by atoms with E-state index in [1.807, 2.05) is 4.90 Å². The highest BCUT2D eigenvalue weighted by Gasteiger charge is 2.41. The van der Waals surface area contributed by atoms with Gasteiger partial charge in [-0.05, 0) is 19.8 Å². The molecule has 7 nitrogen and oxygen atoms in total. The molecule has 0 aromatic rings. The van der Waals surface area contributed by atoms with Crippen molar-refractivity contribution in [3.8, 4) is 0 Å². The maximum Gasteiger partial charge on any atom is 0.250 e. The second-order valence-electron chi connectivity index (χ2n) is 6.38. The lowest BCUT2D eigenvalue weighted by atomic mass is 9.90. The van der Waals surface area contributed by atoms with E-state index in [-0.39, 0.29) is 5.91 Å². The van der Waals surface area contributed by atoms with Gasteiger partial charge in [0.15, 0.2) is 5.60 Å². The first-order valence-electron chi connectivity index (χ1n) is 7.38. The van der Waals surface area contributed by atoms with E-state index in [1.165, 1.54) is 0 Å². The van der Waals surface area contributed by atoms with Crippen LogP contribution in [0.3, 0.4) is 0 Å². The minimum atomic E-state index is -0.991. The van der Waals surface area contributed by atoms with Crippen molar-refractivity contribution in [1.29, 1.82) is 0 Å². The first kappa shape index (κ1) is 16.2. The molecule has 1 unspecified atom stereocenters. The van der Waals surface area contributed by atoms with E-state index < -0.39 is 17.1 Å². The molecular formula is C14H25N3O4. The fourth-order valence-electron chi connectivity index (χ4n) is 3.05. The highest BCUT2D eigenvalue weighted by Crippen LogP contribution is 2.26. The summed E-state index contributed by atoms with van der Waals surface area (Å²) in [6.07, 6.45) is 1.11. The third kappa shape index (κ3) is 3.72. The van der Waals surface area contributed by atoms with Gasteiger partial charge >= 0.3 is 0 Å². The molecule has 0 aromatic heterocycles. The number of primary amides is 1. The molecule has 0 saturated carbocycles. The zero-order valence-electron chi connectivity index (χ0n) is 12.8. The summed E-state index contributed by atoms with van der Waals surface area (Å²) < 4.78 is 5.48. The molecule has 2 fully saturated rings. The van der Waals surface area contributed by atoms with Gasteiger partial charge < -0.3 is 20.5 Å². The third-order valence-electron chi connectivity index (χ3n) is 4.53. The number of β-amino-alcohol motifs (C(OH)–C–C–N with tert-alkyl or cyclic N) is 1. The molecule has 2 saturated heterocycles. The van der Waals surface area contributed by atoms with Crippen LogP contribution in [0.25, 0.3) is 0 Å². The second kappa shape index (κ2) is 5.90. The van der Waals surface area contributed by atoms with Gasteiger partial charge in [0.1, 0.15) is 0 Å². The molecule has 1 atom stereocenters. The second-order valence-corrected chi connectivity index (χ2v) is 6.38. The van der Waals surface area contributed by atoms with Crippen LogP contribution < -0.4 is 5.73 Å². The van der Waals surface area contributed by atoms with Crippen molar-refractivity contribution >= 4 is 11.8 Å². The standard InChI is InChI=1S/C14H25N3O4/c1-11(18)17-5-3-14(20,4-6-17)10-16-7-8-21-13(2,9-16)12(15)19/h20H,3-10H2,1-2H3,(H2,15,19).